The Morgan fingerprint density at radius 1 is 1.21 bits per heavy atom. The van der Waals surface area contributed by atoms with E-state index in [2.05, 4.69) is 35.5 Å². The molecule has 3 aromatic heterocycles. The van der Waals surface area contributed by atoms with Crippen molar-refractivity contribution in [1.82, 2.24) is 29.9 Å². The molecule has 10 nitrogen and oxygen atoms in total. The third kappa shape index (κ3) is 5.08. The largest absolute Gasteiger partial charge is 0.522 e. The fourth-order valence-electron chi connectivity index (χ4n) is 5.57. The summed E-state index contributed by atoms with van der Waals surface area (Å²) in [4.78, 5) is 20.0. The van der Waals surface area contributed by atoms with Crippen molar-refractivity contribution in [2.45, 2.75) is 75.2 Å². The number of alkyl carbamates (subject to hydrolysis) is 1. The highest BCUT2D eigenvalue weighted by Crippen LogP contribution is 2.57. The lowest BCUT2D eigenvalue weighted by Gasteiger charge is -2.61. The molecule has 3 heterocycles. The minimum Gasteiger partial charge on any atom is -0.443 e. The Labute approximate surface area is 216 Å². The Morgan fingerprint density at radius 3 is 2.64 bits per heavy atom. The molecule has 39 heavy (non-hydrogen) atoms. The molecule has 0 spiro atoms. The van der Waals surface area contributed by atoms with E-state index >= 15 is 4.39 Å². The van der Waals surface area contributed by atoms with Crippen LogP contribution in [0.2, 0.25) is 0 Å². The number of ether oxygens (including phenoxy) is 2. The van der Waals surface area contributed by atoms with Gasteiger partial charge in [-0.25, -0.2) is 27.9 Å². The van der Waals surface area contributed by atoms with Crippen LogP contribution in [0.3, 0.4) is 0 Å². The van der Waals surface area contributed by atoms with E-state index in [-0.39, 0.29) is 28.6 Å². The van der Waals surface area contributed by atoms with E-state index in [1.165, 1.54) is 10.5 Å². The van der Waals surface area contributed by atoms with Crippen LogP contribution in [0.1, 0.15) is 61.5 Å². The SMILES string of the molecule is O=C(NC12CC(C1)C2)O[C@H]1CC[C@@H](c2cc(Nc3nc(C(F)F)cc4nc(COC(F)(F)F)cn34)n[nH]2)[C@H]1F. The van der Waals surface area contributed by atoms with Crippen LogP contribution in [0.5, 0.6) is 0 Å². The van der Waals surface area contributed by atoms with Gasteiger partial charge < -0.3 is 15.4 Å². The Morgan fingerprint density at radius 2 is 1.97 bits per heavy atom. The summed E-state index contributed by atoms with van der Waals surface area (Å²) in [5, 5.41) is 12.3. The number of H-pyrrole nitrogens is 1. The molecule has 4 aliphatic carbocycles. The number of rotatable bonds is 8. The molecule has 4 aliphatic rings. The highest BCUT2D eigenvalue weighted by atomic mass is 19.4. The summed E-state index contributed by atoms with van der Waals surface area (Å²) < 4.78 is 89.6. The number of halogens is 6. The second-order valence-electron chi connectivity index (χ2n) is 10.3. The average molecular weight is 559 g/mol. The topological polar surface area (TPSA) is 118 Å². The summed E-state index contributed by atoms with van der Waals surface area (Å²) in [6.45, 7) is -0.927. The molecule has 4 fully saturated rings. The van der Waals surface area contributed by atoms with Gasteiger partial charge in [-0.1, -0.05) is 0 Å². The second-order valence-corrected chi connectivity index (χ2v) is 10.3. The molecular weight excluding hydrogens is 536 g/mol. The van der Waals surface area contributed by atoms with E-state index in [9.17, 15) is 26.7 Å². The van der Waals surface area contributed by atoms with Crippen LogP contribution in [0.4, 0.5) is 42.9 Å². The molecule has 0 aliphatic heterocycles. The summed E-state index contributed by atoms with van der Waals surface area (Å²) >= 11 is 0. The van der Waals surface area contributed by atoms with Crippen molar-refractivity contribution in [3.8, 4) is 0 Å². The third-order valence-electron chi connectivity index (χ3n) is 7.53. The van der Waals surface area contributed by atoms with E-state index in [1.54, 1.807) is 0 Å². The highest BCUT2D eigenvalue weighted by molar-refractivity contribution is 5.69. The maximum Gasteiger partial charge on any atom is 0.522 e. The highest BCUT2D eigenvalue weighted by Gasteiger charge is 2.58. The van der Waals surface area contributed by atoms with Crippen LogP contribution < -0.4 is 10.6 Å². The Kier molecular flexibility index (Phi) is 6.11. The molecule has 3 N–H and O–H groups in total. The fraction of sp³-hybridized carbons (Fsp3) is 0.565. The van der Waals surface area contributed by atoms with Gasteiger partial charge in [-0.2, -0.15) is 5.10 Å². The van der Waals surface area contributed by atoms with E-state index in [0.29, 0.717) is 24.5 Å². The van der Waals surface area contributed by atoms with Crippen LogP contribution in [0.15, 0.2) is 18.3 Å². The fourth-order valence-corrected chi connectivity index (χ4v) is 5.57. The van der Waals surface area contributed by atoms with Crippen molar-refractivity contribution in [2.24, 2.45) is 5.92 Å². The molecule has 0 radical (unpaired) electrons. The zero-order valence-electron chi connectivity index (χ0n) is 20.1. The molecule has 4 saturated carbocycles. The molecule has 0 unspecified atom stereocenters. The number of anilines is 2. The van der Waals surface area contributed by atoms with Gasteiger partial charge in [0.2, 0.25) is 5.95 Å². The quantitative estimate of drug-likeness (QED) is 0.331. The summed E-state index contributed by atoms with van der Waals surface area (Å²) in [6, 6.07) is 2.41. The predicted molar refractivity (Wildman–Crippen MR) is 121 cm³/mol. The zero-order chi connectivity index (χ0) is 27.5. The van der Waals surface area contributed by atoms with Gasteiger partial charge in [0.15, 0.2) is 5.82 Å². The van der Waals surface area contributed by atoms with Gasteiger partial charge in [-0.15, -0.1) is 13.2 Å². The van der Waals surface area contributed by atoms with Gasteiger partial charge in [0.25, 0.3) is 6.43 Å². The maximum absolute atomic E-state index is 15.2. The van der Waals surface area contributed by atoms with Crippen molar-refractivity contribution in [3.63, 3.8) is 0 Å². The smallest absolute Gasteiger partial charge is 0.443 e. The molecule has 3 atom stereocenters. The summed E-state index contributed by atoms with van der Waals surface area (Å²) in [5.74, 6) is -0.0755. The number of carbonyl (C=O) groups is 1. The Bertz CT molecular complexity index is 1380. The first-order chi connectivity index (χ1) is 18.5. The van der Waals surface area contributed by atoms with Gasteiger partial charge in [-0.05, 0) is 38.0 Å². The lowest BCUT2D eigenvalue weighted by molar-refractivity contribution is -0.330. The lowest BCUT2D eigenvalue weighted by atomic mass is 9.50. The number of hydrogen-bond acceptors (Lipinski definition) is 7. The van der Waals surface area contributed by atoms with Gasteiger partial charge in [0.1, 0.15) is 23.6 Å². The molecule has 3 aromatic rings. The van der Waals surface area contributed by atoms with Crippen LogP contribution >= 0.6 is 0 Å². The Balaban J connectivity index is 1.15. The third-order valence-corrected chi connectivity index (χ3v) is 7.53. The number of amides is 1. The monoisotopic (exact) mass is 559 g/mol. The van der Waals surface area contributed by atoms with Crippen LogP contribution in [0.25, 0.3) is 5.65 Å². The first kappa shape index (κ1) is 25.7. The maximum atomic E-state index is 15.2. The van der Waals surface area contributed by atoms with Crippen molar-refractivity contribution in [1.29, 1.82) is 0 Å². The number of alkyl halides is 6. The van der Waals surface area contributed by atoms with Crippen LogP contribution in [-0.4, -0.2) is 54.8 Å². The Hall–Kier alpha value is -3.56. The summed E-state index contributed by atoms with van der Waals surface area (Å²) in [7, 11) is 0. The standard InChI is InChI=1S/C23H23F6N7O3/c24-18-12(1-2-15(18)39-21(37)33-22-5-10(6-22)7-22)13-3-16(35-34-13)32-20-31-14(19(25)26)4-17-30-11(8-36(17)20)9-38-23(27,28)29/h3-4,8,10,12,15,18-19H,1-2,5-7,9H2,(H,33,37)(H2,31,32,34,35)/t10?,12-,15-,18+,22?/m0/s1. The molecule has 16 heteroatoms. The molecule has 7 rings (SSSR count). The van der Waals surface area contributed by atoms with E-state index < -0.39 is 49.4 Å². The minimum absolute atomic E-state index is 0.0870. The molecule has 2 bridgehead atoms. The number of nitrogens with one attached hydrogen (secondary N) is 3. The van der Waals surface area contributed by atoms with Crippen molar-refractivity contribution < 1.29 is 40.6 Å². The summed E-state index contributed by atoms with van der Waals surface area (Å²) in [6.07, 6.45) is -6.27. The summed E-state index contributed by atoms with van der Waals surface area (Å²) in [5.41, 5.74) is -0.705. The number of hydrogen-bond donors (Lipinski definition) is 3. The number of nitrogens with zero attached hydrogens (tertiary/aromatic N) is 4. The average Bonchev–Trinajstić information content (AvgIpc) is 3.53. The van der Waals surface area contributed by atoms with Crippen LogP contribution in [-0.2, 0) is 16.1 Å². The van der Waals surface area contributed by atoms with Gasteiger partial charge in [0, 0.05) is 35.5 Å². The van der Waals surface area contributed by atoms with Gasteiger partial charge >= 0.3 is 12.5 Å². The van der Waals surface area contributed by atoms with Crippen LogP contribution in [0, 0.1) is 5.92 Å². The zero-order valence-corrected chi connectivity index (χ0v) is 20.1. The number of carbonyl (C=O) groups excluding carboxylic acids is 1. The van der Waals surface area contributed by atoms with E-state index in [4.69, 9.17) is 4.74 Å². The van der Waals surface area contributed by atoms with Crippen molar-refractivity contribution in [3.05, 3.63) is 35.4 Å². The number of fused-ring (bicyclic) bond motifs is 1. The van der Waals surface area contributed by atoms with E-state index in [1.807, 2.05) is 0 Å². The minimum atomic E-state index is -4.90. The number of aromatic nitrogens is 5. The lowest BCUT2D eigenvalue weighted by Crippen LogP contribution is -2.68. The number of imidazole rings is 1. The van der Waals surface area contributed by atoms with Gasteiger partial charge in [-0.3, -0.25) is 14.2 Å². The first-order valence-electron chi connectivity index (χ1n) is 12.3. The first-order valence-corrected chi connectivity index (χ1v) is 12.3. The number of aromatic amines is 1. The molecular formula is C23H23F6N7O3. The van der Waals surface area contributed by atoms with Gasteiger partial charge in [0.05, 0.1) is 12.3 Å². The van der Waals surface area contributed by atoms with Crippen molar-refractivity contribution >= 4 is 23.5 Å². The molecule has 210 valence electrons. The van der Waals surface area contributed by atoms with Crippen molar-refractivity contribution in [2.75, 3.05) is 5.32 Å². The molecule has 0 saturated heterocycles. The predicted octanol–water partition coefficient (Wildman–Crippen LogP) is 5.03. The second kappa shape index (κ2) is 9.27. The molecule has 0 aromatic carbocycles. The molecule has 1 amide bonds. The van der Waals surface area contributed by atoms with E-state index in [0.717, 1.165) is 31.5 Å². The normalized spacial score (nSPS) is 27.9.